The number of carbonyl (C=O) groups is 1. The minimum absolute atomic E-state index is 0.0556. The highest BCUT2D eigenvalue weighted by atomic mass is 19.1. The summed E-state index contributed by atoms with van der Waals surface area (Å²) in [5, 5.41) is 15.4. The van der Waals surface area contributed by atoms with Crippen molar-refractivity contribution in [1.29, 1.82) is 0 Å². The number of amides is 2. The maximum atomic E-state index is 13.2. The van der Waals surface area contributed by atoms with Gasteiger partial charge in [-0.1, -0.05) is 12.1 Å². The highest BCUT2D eigenvalue weighted by molar-refractivity contribution is 5.75. The third-order valence-electron chi connectivity index (χ3n) is 3.54. The molecule has 0 radical (unpaired) electrons. The molecule has 0 fully saturated rings. The molecule has 0 bridgehead atoms. The number of phenols is 1. The van der Waals surface area contributed by atoms with Crippen LogP contribution < -0.4 is 20.1 Å². The van der Waals surface area contributed by atoms with Crippen LogP contribution in [-0.2, 0) is 0 Å². The van der Waals surface area contributed by atoms with E-state index in [1.807, 2.05) is 0 Å². The lowest BCUT2D eigenvalue weighted by atomic mass is 9.97. The summed E-state index contributed by atoms with van der Waals surface area (Å²) in [6, 6.07) is 7.58. The van der Waals surface area contributed by atoms with Crippen LogP contribution in [0.5, 0.6) is 17.2 Å². The van der Waals surface area contributed by atoms with E-state index >= 15 is 0 Å². The van der Waals surface area contributed by atoms with Crippen LogP contribution in [0.2, 0.25) is 0 Å². The van der Waals surface area contributed by atoms with E-state index in [0.29, 0.717) is 22.6 Å². The van der Waals surface area contributed by atoms with E-state index in [-0.39, 0.29) is 18.4 Å². The standard InChI is InChI=1S/C16H15FN2O4/c1-18-16(21)19-15(9-2-4-10(17)5-3-9)11-6-13-14(7-12(11)20)23-8-22-13/h2-7,15,20H,8H2,1H3,(H2,18,19,21). The van der Waals surface area contributed by atoms with Gasteiger partial charge in [-0.2, -0.15) is 0 Å². The molecule has 0 aliphatic carbocycles. The molecule has 2 aromatic rings. The number of urea groups is 1. The van der Waals surface area contributed by atoms with Gasteiger partial charge in [0.15, 0.2) is 11.5 Å². The summed E-state index contributed by atoms with van der Waals surface area (Å²) in [5.74, 6) is 0.468. The number of hydrogen-bond acceptors (Lipinski definition) is 4. The third kappa shape index (κ3) is 2.98. The summed E-state index contributed by atoms with van der Waals surface area (Å²) in [4.78, 5) is 11.7. The lowest BCUT2D eigenvalue weighted by Gasteiger charge is -2.21. The fraction of sp³-hybridized carbons (Fsp3) is 0.188. The van der Waals surface area contributed by atoms with Crippen molar-refractivity contribution in [1.82, 2.24) is 10.6 Å². The minimum Gasteiger partial charge on any atom is -0.507 e. The first-order valence-corrected chi connectivity index (χ1v) is 6.94. The molecule has 3 N–H and O–H groups in total. The monoisotopic (exact) mass is 318 g/mol. The van der Waals surface area contributed by atoms with Gasteiger partial charge < -0.3 is 25.2 Å². The molecular formula is C16H15FN2O4. The molecule has 7 heteroatoms. The lowest BCUT2D eigenvalue weighted by molar-refractivity contribution is 0.174. The molecule has 0 aromatic heterocycles. The maximum Gasteiger partial charge on any atom is 0.315 e. The Morgan fingerprint density at radius 3 is 2.52 bits per heavy atom. The number of aromatic hydroxyl groups is 1. The van der Waals surface area contributed by atoms with Crippen molar-refractivity contribution in [2.75, 3.05) is 13.8 Å². The van der Waals surface area contributed by atoms with E-state index in [2.05, 4.69) is 10.6 Å². The molecule has 0 saturated carbocycles. The average Bonchev–Trinajstić information content (AvgIpc) is 3.00. The highest BCUT2D eigenvalue weighted by Crippen LogP contribution is 2.41. The zero-order chi connectivity index (χ0) is 16.4. The lowest BCUT2D eigenvalue weighted by Crippen LogP contribution is -2.36. The second kappa shape index (κ2) is 6.04. The zero-order valence-electron chi connectivity index (χ0n) is 12.3. The number of phenolic OH excluding ortho intramolecular Hbond substituents is 1. The molecule has 3 rings (SSSR count). The fourth-order valence-electron chi connectivity index (χ4n) is 2.38. The van der Waals surface area contributed by atoms with Gasteiger partial charge in [-0.15, -0.1) is 0 Å². The van der Waals surface area contributed by atoms with Gasteiger partial charge in [0.2, 0.25) is 6.79 Å². The van der Waals surface area contributed by atoms with Crippen LogP contribution in [0.4, 0.5) is 9.18 Å². The van der Waals surface area contributed by atoms with Gasteiger partial charge in [0.25, 0.3) is 0 Å². The van der Waals surface area contributed by atoms with Gasteiger partial charge >= 0.3 is 6.03 Å². The largest absolute Gasteiger partial charge is 0.507 e. The number of fused-ring (bicyclic) bond motifs is 1. The number of halogens is 1. The van der Waals surface area contributed by atoms with Crippen LogP contribution in [0.3, 0.4) is 0 Å². The molecule has 1 aliphatic heterocycles. The normalized spacial score (nSPS) is 13.5. The summed E-state index contributed by atoms with van der Waals surface area (Å²) < 4.78 is 23.7. The molecule has 23 heavy (non-hydrogen) atoms. The highest BCUT2D eigenvalue weighted by Gasteiger charge is 2.24. The van der Waals surface area contributed by atoms with E-state index in [9.17, 15) is 14.3 Å². The van der Waals surface area contributed by atoms with E-state index < -0.39 is 12.1 Å². The fourth-order valence-corrected chi connectivity index (χ4v) is 2.38. The molecule has 2 amide bonds. The number of carbonyl (C=O) groups excluding carboxylic acids is 1. The molecule has 120 valence electrons. The Hall–Kier alpha value is -2.96. The Balaban J connectivity index is 2.04. The maximum absolute atomic E-state index is 13.2. The smallest absolute Gasteiger partial charge is 0.315 e. The minimum atomic E-state index is -0.676. The number of rotatable bonds is 3. The van der Waals surface area contributed by atoms with Crippen molar-refractivity contribution in [3.63, 3.8) is 0 Å². The van der Waals surface area contributed by atoms with Gasteiger partial charge in [0.05, 0.1) is 6.04 Å². The zero-order valence-corrected chi connectivity index (χ0v) is 12.3. The Morgan fingerprint density at radius 1 is 1.22 bits per heavy atom. The summed E-state index contributed by atoms with van der Waals surface area (Å²) in [7, 11) is 1.48. The SMILES string of the molecule is CNC(=O)NC(c1ccc(F)cc1)c1cc2c(cc1O)OCO2. The van der Waals surface area contributed by atoms with Gasteiger partial charge in [-0.25, -0.2) is 9.18 Å². The number of benzene rings is 2. The van der Waals surface area contributed by atoms with Gasteiger partial charge in [-0.3, -0.25) is 0 Å². The molecule has 1 unspecified atom stereocenters. The first-order chi connectivity index (χ1) is 11.1. The number of ether oxygens (including phenoxy) is 2. The van der Waals surface area contributed by atoms with Gasteiger partial charge in [-0.05, 0) is 23.8 Å². The average molecular weight is 318 g/mol. The Morgan fingerprint density at radius 2 is 1.87 bits per heavy atom. The topological polar surface area (TPSA) is 79.8 Å². The van der Waals surface area contributed by atoms with E-state index in [1.165, 1.54) is 25.2 Å². The predicted molar refractivity (Wildman–Crippen MR) is 80.1 cm³/mol. The molecule has 0 spiro atoms. The van der Waals surface area contributed by atoms with Crippen molar-refractivity contribution in [2.45, 2.75) is 6.04 Å². The van der Waals surface area contributed by atoms with Crippen LogP contribution in [-0.4, -0.2) is 25.0 Å². The summed E-state index contributed by atoms with van der Waals surface area (Å²) in [5.41, 5.74) is 1.04. The first-order valence-electron chi connectivity index (χ1n) is 6.94. The summed E-state index contributed by atoms with van der Waals surface area (Å²) >= 11 is 0. The summed E-state index contributed by atoms with van der Waals surface area (Å²) in [6.45, 7) is 0.0717. The second-order valence-corrected chi connectivity index (χ2v) is 4.97. The summed E-state index contributed by atoms with van der Waals surface area (Å²) in [6.07, 6.45) is 0. The predicted octanol–water partition coefficient (Wildman–Crippen LogP) is 2.28. The van der Waals surface area contributed by atoms with Gasteiger partial charge in [0.1, 0.15) is 11.6 Å². The molecule has 1 atom stereocenters. The molecule has 0 saturated heterocycles. The van der Waals surface area contributed by atoms with E-state index in [0.717, 1.165) is 0 Å². The van der Waals surface area contributed by atoms with Crippen molar-refractivity contribution in [3.8, 4) is 17.2 Å². The van der Waals surface area contributed by atoms with Crippen LogP contribution in [0.1, 0.15) is 17.2 Å². The van der Waals surface area contributed by atoms with Crippen LogP contribution >= 0.6 is 0 Å². The van der Waals surface area contributed by atoms with E-state index in [1.54, 1.807) is 18.2 Å². The number of hydrogen-bond donors (Lipinski definition) is 3. The molecule has 2 aromatic carbocycles. The second-order valence-electron chi connectivity index (χ2n) is 4.97. The van der Waals surface area contributed by atoms with Crippen molar-refractivity contribution in [2.24, 2.45) is 0 Å². The first kappa shape index (κ1) is 15.0. The molecule has 1 aliphatic rings. The number of nitrogens with one attached hydrogen (secondary N) is 2. The Kier molecular flexibility index (Phi) is 3.92. The van der Waals surface area contributed by atoms with Crippen LogP contribution in [0.15, 0.2) is 36.4 Å². The third-order valence-corrected chi connectivity index (χ3v) is 3.54. The quantitative estimate of drug-likeness (QED) is 0.811. The van der Waals surface area contributed by atoms with Crippen molar-refractivity contribution < 1.29 is 23.8 Å². The van der Waals surface area contributed by atoms with Crippen molar-refractivity contribution >= 4 is 6.03 Å². The molecule has 1 heterocycles. The Labute approximate surface area is 131 Å². The van der Waals surface area contributed by atoms with Crippen LogP contribution in [0, 0.1) is 5.82 Å². The van der Waals surface area contributed by atoms with Crippen molar-refractivity contribution in [3.05, 3.63) is 53.3 Å². The molecule has 6 nitrogen and oxygen atoms in total. The molecular weight excluding hydrogens is 303 g/mol. The van der Waals surface area contributed by atoms with Gasteiger partial charge in [0, 0.05) is 18.7 Å². The van der Waals surface area contributed by atoms with E-state index in [4.69, 9.17) is 9.47 Å². The Bertz CT molecular complexity index is 734. The van der Waals surface area contributed by atoms with Crippen LogP contribution in [0.25, 0.3) is 0 Å².